The lowest BCUT2D eigenvalue weighted by Gasteiger charge is -2.12. The molecule has 5 nitrogen and oxygen atoms in total. The van der Waals surface area contributed by atoms with E-state index in [-0.39, 0.29) is 0 Å². The van der Waals surface area contributed by atoms with Crippen LogP contribution in [0.25, 0.3) is 0 Å². The molecule has 252 valence electrons. The molecule has 4 aromatic rings. The fourth-order valence-electron chi connectivity index (χ4n) is 5.41. The first kappa shape index (κ1) is 35.7. The summed E-state index contributed by atoms with van der Waals surface area (Å²) in [5, 5.41) is 7.01. The van der Waals surface area contributed by atoms with Crippen LogP contribution in [0, 0.1) is 0 Å². The van der Waals surface area contributed by atoms with Gasteiger partial charge in [0.25, 0.3) is 0 Å². The Morgan fingerprint density at radius 2 is 0.894 bits per heavy atom. The molecule has 5 heteroatoms. The second-order valence-corrected chi connectivity index (χ2v) is 12.4. The largest absolute Gasteiger partial charge is 0.494 e. The Kier molecular flexibility index (Phi) is 16.4. The van der Waals surface area contributed by atoms with Gasteiger partial charge in [0.1, 0.15) is 23.0 Å². The van der Waals surface area contributed by atoms with Gasteiger partial charge in [-0.2, -0.15) is 0 Å². The molecular formula is C42H56N2O3. The monoisotopic (exact) mass is 636 g/mol. The van der Waals surface area contributed by atoms with Crippen molar-refractivity contribution in [1.82, 2.24) is 0 Å². The second kappa shape index (κ2) is 21.6. The average Bonchev–Trinajstić information content (AvgIpc) is 3.11. The zero-order valence-corrected chi connectivity index (χ0v) is 28.8. The number of nitrogens with one attached hydrogen (secondary N) is 2. The van der Waals surface area contributed by atoms with Gasteiger partial charge in [-0.1, -0.05) is 108 Å². The van der Waals surface area contributed by atoms with Gasteiger partial charge in [-0.3, -0.25) is 0 Å². The van der Waals surface area contributed by atoms with Gasteiger partial charge in [0, 0.05) is 30.5 Å². The first-order valence-electron chi connectivity index (χ1n) is 18.0. The van der Waals surface area contributed by atoms with Crippen LogP contribution >= 0.6 is 0 Å². The van der Waals surface area contributed by atoms with Gasteiger partial charge in [-0.05, 0) is 84.6 Å². The van der Waals surface area contributed by atoms with E-state index in [1.807, 2.05) is 30.3 Å². The zero-order valence-electron chi connectivity index (χ0n) is 28.8. The van der Waals surface area contributed by atoms with Crippen LogP contribution in [0.4, 0.5) is 11.4 Å². The normalized spacial score (nSPS) is 10.9. The van der Waals surface area contributed by atoms with E-state index >= 15 is 0 Å². The predicted octanol–water partition coefficient (Wildman–Crippen LogP) is 12.2. The Balaban J connectivity index is 1.13. The fourth-order valence-corrected chi connectivity index (χ4v) is 5.41. The SMILES string of the molecule is CCCCCCCCOc1ccc(CNc2ccc(Oc3cccc(NCc4ccc(OCCCCCCCC)cc4)c3)cc2)cc1. The van der Waals surface area contributed by atoms with Crippen molar-refractivity contribution in [2.45, 2.75) is 104 Å². The van der Waals surface area contributed by atoms with Crippen LogP contribution in [0.1, 0.15) is 102 Å². The van der Waals surface area contributed by atoms with Gasteiger partial charge in [-0.15, -0.1) is 0 Å². The molecule has 2 N–H and O–H groups in total. The Labute approximate surface area is 284 Å². The van der Waals surface area contributed by atoms with Crippen LogP contribution in [0.2, 0.25) is 0 Å². The van der Waals surface area contributed by atoms with Crippen LogP contribution in [-0.4, -0.2) is 13.2 Å². The first-order chi connectivity index (χ1) is 23.2. The quantitative estimate of drug-likeness (QED) is 0.0750. The summed E-state index contributed by atoms with van der Waals surface area (Å²) in [6.07, 6.45) is 15.3. The minimum Gasteiger partial charge on any atom is -0.494 e. The smallest absolute Gasteiger partial charge is 0.129 e. The third-order valence-electron chi connectivity index (χ3n) is 8.30. The minimum absolute atomic E-state index is 0.733. The topological polar surface area (TPSA) is 51.8 Å². The highest BCUT2D eigenvalue weighted by Crippen LogP contribution is 2.26. The number of anilines is 2. The molecule has 0 atom stereocenters. The number of unbranched alkanes of at least 4 members (excludes halogenated alkanes) is 10. The third kappa shape index (κ3) is 14.5. The molecule has 0 spiro atoms. The van der Waals surface area contributed by atoms with E-state index in [2.05, 4.69) is 91.2 Å². The van der Waals surface area contributed by atoms with Gasteiger partial charge in [0.2, 0.25) is 0 Å². The maximum Gasteiger partial charge on any atom is 0.129 e. The van der Waals surface area contributed by atoms with E-state index in [1.54, 1.807) is 0 Å². The molecule has 0 saturated carbocycles. The minimum atomic E-state index is 0.733. The lowest BCUT2D eigenvalue weighted by molar-refractivity contribution is 0.304. The average molecular weight is 637 g/mol. The summed E-state index contributed by atoms with van der Waals surface area (Å²) >= 11 is 0. The van der Waals surface area contributed by atoms with E-state index in [9.17, 15) is 0 Å². The molecule has 0 saturated heterocycles. The molecule has 0 bridgehead atoms. The summed E-state index contributed by atoms with van der Waals surface area (Å²) in [5.74, 6) is 3.49. The van der Waals surface area contributed by atoms with Crippen molar-refractivity contribution in [1.29, 1.82) is 0 Å². The van der Waals surface area contributed by atoms with Gasteiger partial charge in [0.05, 0.1) is 13.2 Å². The Hall–Kier alpha value is -4.12. The number of hydrogen-bond acceptors (Lipinski definition) is 5. The summed E-state index contributed by atoms with van der Waals surface area (Å²) in [6, 6.07) is 33.0. The summed E-state index contributed by atoms with van der Waals surface area (Å²) in [5.41, 5.74) is 4.49. The van der Waals surface area contributed by atoms with Gasteiger partial charge >= 0.3 is 0 Å². The highest BCUT2D eigenvalue weighted by atomic mass is 16.5. The van der Waals surface area contributed by atoms with E-state index in [0.717, 1.165) is 73.5 Å². The van der Waals surface area contributed by atoms with E-state index in [0.29, 0.717) is 0 Å². The van der Waals surface area contributed by atoms with Crippen molar-refractivity contribution in [3.8, 4) is 23.0 Å². The first-order valence-corrected chi connectivity index (χ1v) is 18.0. The lowest BCUT2D eigenvalue weighted by atomic mass is 10.1. The molecule has 0 unspecified atom stereocenters. The van der Waals surface area contributed by atoms with Crippen molar-refractivity contribution in [3.63, 3.8) is 0 Å². The molecule has 47 heavy (non-hydrogen) atoms. The molecule has 0 aliphatic heterocycles. The summed E-state index contributed by atoms with van der Waals surface area (Å²) in [7, 11) is 0. The standard InChI is InChI=1S/C42H56N2O3/c1-3-5-7-9-11-13-30-45-39-24-18-35(19-25-39)33-43-37-22-28-41(29-23-37)47-42-17-15-16-38(32-42)44-34-36-20-26-40(27-21-36)46-31-14-12-10-8-6-4-2/h15-29,32,43-44H,3-14,30-31,33-34H2,1-2H3. The molecular weight excluding hydrogens is 580 g/mol. The zero-order chi connectivity index (χ0) is 32.8. The predicted molar refractivity (Wildman–Crippen MR) is 198 cm³/mol. The van der Waals surface area contributed by atoms with Crippen LogP contribution in [0.15, 0.2) is 97.1 Å². The maximum absolute atomic E-state index is 6.16. The molecule has 0 heterocycles. The van der Waals surface area contributed by atoms with Gasteiger partial charge in [-0.25, -0.2) is 0 Å². The van der Waals surface area contributed by atoms with Crippen molar-refractivity contribution in [3.05, 3.63) is 108 Å². The number of hydrogen-bond donors (Lipinski definition) is 2. The Morgan fingerprint density at radius 3 is 1.43 bits per heavy atom. The maximum atomic E-state index is 6.16. The molecule has 0 fully saturated rings. The molecule has 4 rings (SSSR count). The number of rotatable bonds is 24. The van der Waals surface area contributed by atoms with E-state index in [4.69, 9.17) is 14.2 Å². The molecule has 0 aliphatic carbocycles. The third-order valence-corrected chi connectivity index (χ3v) is 8.30. The fraction of sp³-hybridized carbons (Fsp3) is 0.429. The molecule has 0 aliphatic rings. The van der Waals surface area contributed by atoms with Crippen molar-refractivity contribution < 1.29 is 14.2 Å². The summed E-state index contributed by atoms with van der Waals surface area (Å²) in [4.78, 5) is 0. The lowest BCUT2D eigenvalue weighted by Crippen LogP contribution is -2.01. The highest BCUT2D eigenvalue weighted by molar-refractivity contribution is 5.51. The Morgan fingerprint density at radius 1 is 0.426 bits per heavy atom. The summed E-state index contributed by atoms with van der Waals surface area (Å²) < 4.78 is 18.0. The van der Waals surface area contributed by atoms with Crippen LogP contribution < -0.4 is 24.8 Å². The molecule has 4 aromatic carbocycles. The highest BCUT2D eigenvalue weighted by Gasteiger charge is 2.03. The van der Waals surface area contributed by atoms with Crippen molar-refractivity contribution in [2.75, 3.05) is 23.8 Å². The van der Waals surface area contributed by atoms with Crippen molar-refractivity contribution >= 4 is 11.4 Å². The molecule has 0 radical (unpaired) electrons. The van der Waals surface area contributed by atoms with E-state index in [1.165, 1.54) is 75.3 Å². The summed E-state index contributed by atoms with van der Waals surface area (Å²) in [6.45, 7) is 7.57. The second-order valence-electron chi connectivity index (χ2n) is 12.4. The van der Waals surface area contributed by atoms with E-state index < -0.39 is 0 Å². The molecule has 0 aromatic heterocycles. The van der Waals surface area contributed by atoms with Crippen molar-refractivity contribution in [2.24, 2.45) is 0 Å². The van der Waals surface area contributed by atoms with Crippen LogP contribution in [0.3, 0.4) is 0 Å². The van der Waals surface area contributed by atoms with Crippen LogP contribution in [-0.2, 0) is 13.1 Å². The Bertz CT molecular complexity index is 1370. The molecule has 0 amide bonds. The van der Waals surface area contributed by atoms with Crippen LogP contribution in [0.5, 0.6) is 23.0 Å². The number of ether oxygens (including phenoxy) is 3. The number of benzene rings is 4. The van der Waals surface area contributed by atoms with Gasteiger partial charge < -0.3 is 24.8 Å². The van der Waals surface area contributed by atoms with Gasteiger partial charge in [0.15, 0.2) is 0 Å².